The van der Waals surface area contributed by atoms with Gasteiger partial charge in [0.05, 0.1) is 0 Å². The molecule has 0 bridgehead atoms. The maximum atomic E-state index is 9.95. The molecule has 12 heavy (non-hydrogen) atoms. The molecule has 0 amide bonds. The van der Waals surface area contributed by atoms with Crippen LogP contribution in [0.3, 0.4) is 0 Å². The largest absolute Gasteiger partial charge is 0.392 e. The van der Waals surface area contributed by atoms with Crippen molar-refractivity contribution in [3.63, 3.8) is 0 Å². The fourth-order valence-electron chi connectivity index (χ4n) is 0.723. The Morgan fingerprint density at radius 2 is 1.83 bits per heavy atom. The summed E-state index contributed by atoms with van der Waals surface area (Å²) in [5.74, 6) is 0. The topological polar surface area (TPSA) is 43.4 Å². The van der Waals surface area contributed by atoms with Gasteiger partial charge in [0.15, 0.2) is 0 Å². The Labute approximate surface area is 72.5 Å². The molecule has 0 aliphatic rings. The zero-order valence-corrected chi connectivity index (χ0v) is 7.11. The molecule has 0 atom stereocenters. The number of benzene rings is 1. The van der Waals surface area contributed by atoms with Crippen molar-refractivity contribution in [2.75, 3.05) is 0 Å². The molecule has 1 aromatic rings. The van der Waals surface area contributed by atoms with E-state index in [0.717, 1.165) is 11.8 Å². The first-order valence-corrected chi connectivity index (χ1v) is 4.41. The molecule has 0 unspecified atom stereocenters. The van der Waals surface area contributed by atoms with E-state index in [1.54, 1.807) is 6.08 Å². The second-order valence-corrected chi connectivity index (χ2v) is 2.70. The van der Waals surface area contributed by atoms with Crippen LogP contribution in [-0.4, -0.2) is 8.42 Å². The molecule has 1 rings (SSSR count). The highest BCUT2D eigenvalue weighted by Gasteiger charge is 1.82. The zero-order valence-electron chi connectivity index (χ0n) is 6.21. The van der Waals surface area contributed by atoms with E-state index in [4.69, 9.17) is 0 Å². The molecule has 0 saturated heterocycles. The average Bonchev–Trinajstić information content (AvgIpc) is 2.05. The lowest BCUT2D eigenvalue weighted by Gasteiger charge is -1.89. The Kier molecular flexibility index (Phi) is 3.35. The number of hydrogen-bond acceptors (Lipinski definition) is 3. The lowest BCUT2D eigenvalue weighted by Crippen LogP contribution is -1.75. The van der Waals surface area contributed by atoms with Gasteiger partial charge in [0.1, 0.15) is 6.26 Å². The summed E-state index contributed by atoms with van der Waals surface area (Å²) in [6.45, 7) is 0. The summed E-state index contributed by atoms with van der Waals surface area (Å²) in [7, 11) is -2.78. The minimum Gasteiger partial charge on any atom is -0.392 e. The van der Waals surface area contributed by atoms with E-state index in [-0.39, 0.29) is 0 Å². The van der Waals surface area contributed by atoms with E-state index < -0.39 is 11.0 Å². The Morgan fingerprint density at radius 3 is 2.42 bits per heavy atom. The van der Waals surface area contributed by atoms with Crippen LogP contribution in [0.1, 0.15) is 5.56 Å². The minimum absolute atomic E-state index is 0.898. The molecule has 0 radical (unpaired) electrons. The lowest BCUT2D eigenvalue weighted by molar-refractivity contribution is 0.469. The summed E-state index contributed by atoms with van der Waals surface area (Å²) in [5.41, 5.74) is 0.898. The number of rotatable bonds is 3. The maximum Gasteiger partial charge on any atom is 0.298 e. The van der Waals surface area contributed by atoms with Crippen LogP contribution >= 0.6 is 0 Å². The smallest absolute Gasteiger partial charge is 0.298 e. The van der Waals surface area contributed by atoms with Gasteiger partial charge in [-0.05, 0) is 11.6 Å². The summed E-state index contributed by atoms with van der Waals surface area (Å²) in [5, 5.41) is 0. The van der Waals surface area contributed by atoms with Crippen LogP contribution in [0.25, 0.3) is 6.08 Å². The van der Waals surface area contributed by atoms with Crippen LogP contribution in [0.4, 0.5) is 0 Å². The Bertz CT molecular complexity index is 319. The van der Waals surface area contributed by atoms with Crippen LogP contribution in [0.15, 0.2) is 36.6 Å². The van der Waals surface area contributed by atoms with Crippen molar-refractivity contribution in [1.82, 2.24) is 0 Å². The maximum absolute atomic E-state index is 9.95. The molecule has 0 spiro atoms. The van der Waals surface area contributed by atoms with Crippen molar-refractivity contribution in [1.29, 1.82) is 0 Å². The van der Waals surface area contributed by atoms with E-state index in [0.29, 0.717) is 0 Å². The molecular weight excluding hydrogens is 176 g/mol. The van der Waals surface area contributed by atoms with E-state index >= 15 is 0 Å². The molecule has 64 valence electrons. The number of hydrogen-bond donors (Lipinski definition) is 1. The lowest BCUT2D eigenvalue weighted by atomic mass is 10.2. The predicted molar refractivity (Wildman–Crippen MR) is 46.9 cm³/mol. The fourth-order valence-corrected chi connectivity index (χ4v) is 0.883. The first-order chi connectivity index (χ1) is 5.79. The molecule has 3 nitrogen and oxygen atoms in total. The molecule has 0 heterocycles. The van der Waals surface area contributed by atoms with Crippen molar-refractivity contribution in [2.45, 2.75) is 0 Å². The molecule has 0 fully saturated rings. The second-order valence-electron chi connectivity index (χ2n) is 2.04. The zero-order chi connectivity index (χ0) is 8.81. The van der Waals surface area contributed by atoms with Gasteiger partial charge in [-0.15, -0.1) is 0 Å². The normalized spacial score (nSPS) is 10.8. The van der Waals surface area contributed by atoms with E-state index in [1.807, 2.05) is 30.3 Å². The Balaban J connectivity index is 2.58. The molecule has 1 aromatic carbocycles. The van der Waals surface area contributed by atoms with Crippen molar-refractivity contribution < 1.29 is 12.6 Å². The monoisotopic (exact) mass is 184 g/mol. The summed E-state index contributed by atoms with van der Waals surface area (Å²) in [6.07, 6.45) is 2.71. The highest BCUT2D eigenvalue weighted by Crippen LogP contribution is 2.00. The molecule has 0 saturated carbocycles. The molecule has 0 aromatic heterocycles. The van der Waals surface area contributed by atoms with Crippen molar-refractivity contribution >= 4 is 17.1 Å². The first-order valence-electron chi connectivity index (χ1n) is 3.32. The van der Waals surface area contributed by atoms with Gasteiger partial charge in [0.2, 0.25) is 0 Å². The van der Waals surface area contributed by atoms with Gasteiger partial charge in [-0.1, -0.05) is 30.3 Å². The van der Waals surface area contributed by atoms with Crippen LogP contribution in [0, 0.1) is 0 Å². The first kappa shape index (κ1) is 8.80. The molecule has 0 aliphatic carbocycles. The Morgan fingerprint density at radius 1 is 1.17 bits per heavy atom. The summed E-state index contributed by atoms with van der Waals surface area (Å²) in [4.78, 5) is 0. The van der Waals surface area contributed by atoms with Crippen LogP contribution in [-0.2, 0) is 15.2 Å². The second kappa shape index (κ2) is 4.56. The van der Waals surface area contributed by atoms with Gasteiger partial charge in [-0.2, -0.15) is 8.42 Å². The van der Waals surface area contributed by atoms with Gasteiger partial charge in [0.25, 0.3) is 11.0 Å². The highest BCUT2D eigenvalue weighted by molar-refractivity contribution is 7.67. The van der Waals surface area contributed by atoms with Crippen LogP contribution in [0.2, 0.25) is 0 Å². The van der Waals surface area contributed by atoms with Crippen LogP contribution in [0.5, 0.6) is 0 Å². The minimum atomic E-state index is -2.78. The summed E-state index contributed by atoms with van der Waals surface area (Å²) >= 11 is 0. The molecule has 4 heteroatoms. The van der Waals surface area contributed by atoms with Crippen molar-refractivity contribution in [3.8, 4) is 0 Å². The van der Waals surface area contributed by atoms with Gasteiger partial charge in [-0.25, -0.2) is 0 Å². The van der Waals surface area contributed by atoms with E-state index in [1.165, 1.54) is 0 Å². The number of thiol groups is 1. The Hall–Kier alpha value is -1.29. The SMILES string of the molecule is O=[SH](=O)OC=Cc1ccccc1. The quantitative estimate of drug-likeness (QED) is 0.567. The average molecular weight is 184 g/mol. The van der Waals surface area contributed by atoms with Gasteiger partial charge in [0, 0.05) is 0 Å². The fraction of sp³-hybridized carbons (Fsp3) is 0. The van der Waals surface area contributed by atoms with E-state index in [2.05, 4.69) is 4.18 Å². The summed E-state index contributed by atoms with van der Waals surface area (Å²) < 4.78 is 24.1. The van der Waals surface area contributed by atoms with Gasteiger partial charge < -0.3 is 4.18 Å². The third kappa shape index (κ3) is 3.21. The molecule has 0 aliphatic heterocycles. The van der Waals surface area contributed by atoms with Gasteiger partial charge in [-0.3, -0.25) is 0 Å². The standard InChI is InChI=1S/C8H8O3S/c9-12(10)11-7-6-8-4-2-1-3-5-8/h1-7,12H. The third-order valence-corrected chi connectivity index (χ3v) is 1.50. The van der Waals surface area contributed by atoms with Gasteiger partial charge >= 0.3 is 0 Å². The highest BCUT2D eigenvalue weighted by atomic mass is 32.2. The third-order valence-electron chi connectivity index (χ3n) is 1.21. The van der Waals surface area contributed by atoms with Crippen molar-refractivity contribution in [3.05, 3.63) is 42.2 Å². The van der Waals surface area contributed by atoms with Crippen LogP contribution < -0.4 is 0 Å². The summed E-state index contributed by atoms with van der Waals surface area (Å²) in [6, 6.07) is 9.29. The molecule has 0 N–H and O–H groups in total. The van der Waals surface area contributed by atoms with Crippen molar-refractivity contribution in [2.24, 2.45) is 0 Å². The molecular formula is C8H8O3S. The predicted octanol–water partition coefficient (Wildman–Crippen LogP) is 1.20. The van der Waals surface area contributed by atoms with E-state index in [9.17, 15) is 8.42 Å².